The molecule has 0 bridgehead atoms. The number of nitrogens with zero attached hydrogens (tertiary/aromatic N) is 1. The molecule has 1 aliphatic heterocycles. The molecule has 27 heavy (non-hydrogen) atoms. The Morgan fingerprint density at radius 1 is 1.22 bits per heavy atom. The number of allylic oxidation sites excluding steroid dienone is 2. The number of nitrogens with two attached hydrogens (primary N) is 1. The standard InChI is InChI=1S/C21H21ClN4O/c1-27-20-15(11-16-13-25-19-18(16)3-2-10-24-19)8-9-21(23,26-20)12-14-4-6-17(22)7-5-14/h2-10,13,26H,11-12,23H2,1H3,(H,24,25). The molecule has 5 nitrogen and oxygen atoms in total. The third-order valence-electron chi connectivity index (χ3n) is 4.75. The van der Waals surface area contributed by atoms with E-state index in [0.717, 1.165) is 34.2 Å². The minimum Gasteiger partial charge on any atom is -0.482 e. The van der Waals surface area contributed by atoms with E-state index in [1.807, 2.05) is 48.7 Å². The van der Waals surface area contributed by atoms with Gasteiger partial charge in [0, 0.05) is 41.2 Å². The maximum absolute atomic E-state index is 6.56. The second kappa shape index (κ2) is 7.10. The molecule has 0 saturated carbocycles. The number of methoxy groups -OCH3 is 1. The van der Waals surface area contributed by atoms with Gasteiger partial charge >= 0.3 is 0 Å². The highest BCUT2D eigenvalue weighted by Gasteiger charge is 2.28. The topological polar surface area (TPSA) is 76.0 Å². The Labute approximate surface area is 162 Å². The Morgan fingerprint density at radius 3 is 2.81 bits per heavy atom. The number of rotatable bonds is 5. The number of dihydropyridines is 1. The second-order valence-corrected chi connectivity index (χ2v) is 7.19. The van der Waals surface area contributed by atoms with E-state index < -0.39 is 5.66 Å². The molecule has 0 amide bonds. The van der Waals surface area contributed by atoms with Gasteiger partial charge in [-0.25, -0.2) is 4.98 Å². The number of ether oxygens (including phenoxy) is 1. The predicted molar refractivity (Wildman–Crippen MR) is 108 cm³/mol. The van der Waals surface area contributed by atoms with Crippen molar-refractivity contribution in [2.45, 2.75) is 18.5 Å². The van der Waals surface area contributed by atoms with E-state index >= 15 is 0 Å². The molecule has 1 aromatic carbocycles. The first-order valence-electron chi connectivity index (χ1n) is 8.75. The van der Waals surface area contributed by atoms with Gasteiger partial charge in [-0.3, -0.25) is 0 Å². The molecule has 3 aromatic rings. The number of aromatic amines is 1. The summed E-state index contributed by atoms with van der Waals surface area (Å²) in [5.41, 5.74) is 10.0. The molecule has 0 fully saturated rings. The molecule has 0 radical (unpaired) electrons. The highest BCUT2D eigenvalue weighted by Crippen LogP contribution is 2.25. The van der Waals surface area contributed by atoms with Gasteiger partial charge in [-0.15, -0.1) is 0 Å². The Bertz CT molecular complexity index is 1020. The van der Waals surface area contributed by atoms with Crippen LogP contribution in [0.3, 0.4) is 0 Å². The smallest absolute Gasteiger partial charge is 0.191 e. The van der Waals surface area contributed by atoms with Gasteiger partial charge in [0.05, 0.1) is 7.11 Å². The molecule has 2 aromatic heterocycles. The van der Waals surface area contributed by atoms with Gasteiger partial charge in [-0.05, 0) is 41.5 Å². The fraction of sp³-hybridized carbons (Fsp3) is 0.190. The molecule has 0 spiro atoms. The van der Waals surface area contributed by atoms with Crippen LogP contribution >= 0.6 is 11.6 Å². The number of aromatic nitrogens is 2. The van der Waals surface area contributed by atoms with Gasteiger partial charge in [0.2, 0.25) is 0 Å². The van der Waals surface area contributed by atoms with Gasteiger partial charge in [0.1, 0.15) is 11.3 Å². The normalized spacial score (nSPS) is 19.4. The zero-order valence-electron chi connectivity index (χ0n) is 15.0. The summed E-state index contributed by atoms with van der Waals surface area (Å²) in [7, 11) is 1.65. The van der Waals surface area contributed by atoms with Gasteiger partial charge in [0.15, 0.2) is 5.88 Å². The van der Waals surface area contributed by atoms with E-state index in [0.29, 0.717) is 17.3 Å². The monoisotopic (exact) mass is 380 g/mol. The third-order valence-corrected chi connectivity index (χ3v) is 5.00. The molecule has 1 aliphatic rings. The van der Waals surface area contributed by atoms with Crippen LogP contribution in [0.2, 0.25) is 5.02 Å². The molecule has 3 heterocycles. The van der Waals surface area contributed by atoms with Crippen LogP contribution in [-0.2, 0) is 17.6 Å². The first kappa shape index (κ1) is 17.6. The molecule has 0 saturated heterocycles. The van der Waals surface area contributed by atoms with Crippen LogP contribution in [0.5, 0.6) is 0 Å². The van der Waals surface area contributed by atoms with Crippen molar-refractivity contribution in [3.8, 4) is 0 Å². The Balaban J connectivity index is 1.56. The quantitative estimate of drug-likeness (QED) is 0.631. The molecule has 6 heteroatoms. The van der Waals surface area contributed by atoms with Crippen molar-refractivity contribution in [1.82, 2.24) is 15.3 Å². The first-order chi connectivity index (χ1) is 13.1. The zero-order valence-corrected chi connectivity index (χ0v) is 15.8. The summed E-state index contributed by atoms with van der Waals surface area (Å²) >= 11 is 5.97. The van der Waals surface area contributed by atoms with Crippen molar-refractivity contribution in [2.24, 2.45) is 5.73 Å². The number of hydrogen-bond donors (Lipinski definition) is 3. The molecule has 1 unspecified atom stereocenters. The Hall–Kier alpha value is -2.76. The van der Waals surface area contributed by atoms with E-state index in [2.05, 4.69) is 21.4 Å². The zero-order chi connectivity index (χ0) is 18.9. The van der Waals surface area contributed by atoms with E-state index in [1.165, 1.54) is 0 Å². The minimum atomic E-state index is -0.718. The van der Waals surface area contributed by atoms with Gasteiger partial charge in [0.25, 0.3) is 0 Å². The summed E-state index contributed by atoms with van der Waals surface area (Å²) in [4.78, 5) is 7.55. The van der Waals surface area contributed by atoms with Gasteiger partial charge < -0.3 is 20.8 Å². The lowest BCUT2D eigenvalue weighted by molar-refractivity contribution is 0.224. The fourth-order valence-electron chi connectivity index (χ4n) is 3.39. The van der Waals surface area contributed by atoms with E-state index in [-0.39, 0.29) is 0 Å². The maximum atomic E-state index is 6.56. The van der Waals surface area contributed by atoms with Crippen LogP contribution in [-0.4, -0.2) is 22.7 Å². The maximum Gasteiger partial charge on any atom is 0.191 e. The summed E-state index contributed by atoms with van der Waals surface area (Å²) in [5.74, 6) is 0.687. The van der Waals surface area contributed by atoms with E-state index in [4.69, 9.17) is 22.1 Å². The van der Waals surface area contributed by atoms with Crippen LogP contribution < -0.4 is 11.1 Å². The lowest BCUT2D eigenvalue weighted by atomic mass is 9.94. The highest BCUT2D eigenvalue weighted by atomic mass is 35.5. The van der Waals surface area contributed by atoms with Crippen LogP contribution in [0.4, 0.5) is 0 Å². The van der Waals surface area contributed by atoms with E-state index in [9.17, 15) is 0 Å². The number of halogens is 1. The predicted octanol–water partition coefficient (Wildman–Crippen LogP) is 3.67. The molecular weight excluding hydrogens is 360 g/mol. The van der Waals surface area contributed by atoms with Crippen molar-refractivity contribution in [2.75, 3.05) is 7.11 Å². The second-order valence-electron chi connectivity index (χ2n) is 6.75. The largest absolute Gasteiger partial charge is 0.482 e. The van der Waals surface area contributed by atoms with Gasteiger partial charge in [-0.2, -0.15) is 0 Å². The highest BCUT2D eigenvalue weighted by molar-refractivity contribution is 6.30. The Kier molecular flexibility index (Phi) is 4.64. The molecule has 138 valence electrons. The summed E-state index contributed by atoms with van der Waals surface area (Å²) in [6.45, 7) is 0. The third kappa shape index (κ3) is 3.70. The Morgan fingerprint density at radius 2 is 2.04 bits per heavy atom. The lowest BCUT2D eigenvalue weighted by Crippen LogP contribution is -2.55. The number of H-pyrrole nitrogens is 1. The molecule has 0 aliphatic carbocycles. The van der Waals surface area contributed by atoms with Crippen LogP contribution in [0.15, 0.2) is 72.4 Å². The van der Waals surface area contributed by atoms with Crippen LogP contribution in [0, 0.1) is 0 Å². The van der Waals surface area contributed by atoms with Crippen molar-refractivity contribution in [3.63, 3.8) is 0 Å². The van der Waals surface area contributed by atoms with Crippen molar-refractivity contribution in [3.05, 3.63) is 88.5 Å². The van der Waals surface area contributed by atoms with Crippen LogP contribution in [0.25, 0.3) is 11.0 Å². The number of fused-ring (bicyclic) bond motifs is 1. The number of nitrogens with one attached hydrogen (secondary N) is 2. The number of pyridine rings is 1. The SMILES string of the molecule is COC1=C(Cc2c[nH]c3ncccc23)C=CC(N)(Cc2ccc(Cl)cc2)N1. The number of benzene rings is 1. The average Bonchev–Trinajstić information content (AvgIpc) is 3.08. The molecule has 4 N–H and O–H groups in total. The fourth-order valence-corrected chi connectivity index (χ4v) is 3.51. The minimum absolute atomic E-state index is 0.623. The first-order valence-corrected chi connectivity index (χ1v) is 9.13. The van der Waals surface area contributed by atoms with E-state index in [1.54, 1.807) is 13.3 Å². The average molecular weight is 381 g/mol. The molecular formula is C21H21ClN4O. The van der Waals surface area contributed by atoms with Crippen molar-refractivity contribution < 1.29 is 4.74 Å². The molecule has 1 atom stereocenters. The van der Waals surface area contributed by atoms with Crippen molar-refractivity contribution in [1.29, 1.82) is 0 Å². The summed E-state index contributed by atoms with van der Waals surface area (Å²) < 4.78 is 5.61. The van der Waals surface area contributed by atoms with Gasteiger partial charge in [-0.1, -0.05) is 29.8 Å². The summed E-state index contributed by atoms with van der Waals surface area (Å²) in [6, 6.07) is 11.7. The summed E-state index contributed by atoms with van der Waals surface area (Å²) in [5, 5.41) is 5.17. The lowest BCUT2D eigenvalue weighted by Gasteiger charge is -2.33. The van der Waals surface area contributed by atoms with Crippen molar-refractivity contribution >= 4 is 22.6 Å². The number of hydrogen-bond acceptors (Lipinski definition) is 4. The van der Waals surface area contributed by atoms with Crippen LogP contribution in [0.1, 0.15) is 11.1 Å². The summed E-state index contributed by atoms with van der Waals surface area (Å²) in [6.07, 6.45) is 9.15. The molecule has 4 rings (SSSR count).